The van der Waals surface area contributed by atoms with Gasteiger partial charge in [-0.2, -0.15) is 0 Å². The Hall–Kier alpha value is -2.24. The Balaban J connectivity index is 1.19. The van der Waals surface area contributed by atoms with E-state index in [1.54, 1.807) is 6.07 Å². The summed E-state index contributed by atoms with van der Waals surface area (Å²) < 4.78 is 48.1. The van der Waals surface area contributed by atoms with Crippen molar-refractivity contribution in [3.8, 4) is 5.75 Å². The number of amides is 1. The highest BCUT2D eigenvalue weighted by Crippen LogP contribution is 2.43. The molecule has 6 unspecified atom stereocenters. The fourth-order valence-electron chi connectivity index (χ4n) is 7.95. The molecule has 4 aliphatic rings. The van der Waals surface area contributed by atoms with Gasteiger partial charge >= 0.3 is 0 Å². The van der Waals surface area contributed by atoms with Gasteiger partial charge in [-0.1, -0.05) is 51.3 Å². The van der Waals surface area contributed by atoms with E-state index in [-0.39, 0.29) is 35.3 Å². The van der Waals surface area contributed by atoms with Crippen LogP contribution in [0.1, 0.15) is 93.6 Å². The normalized spacial score (nSPS) is 27.6. The lowest BCUT2D eigenvalue weighted by atomic mass is 9.71. The van der Waals surface area contributed by atoms with Crippen molar-refractivity contribution >= 4 is 34.2 Å². The molecule has 0 bridgehead atoms. The number of carbonyl (C=O) groups excluding carboxylic acids is 1. The molecule has 276 valence electrons. The van der Waals surface area contributed by atoms with Crippen LogP contribution < -0.4 is 14.4 Å². The summed E-state index contributed by atoms with van der Waals surface area (Å²) in [5.74, 6) is 1.65. The van der Waals surface area contributed by atoms with Crippen molar-refractivity contribution in [3.63, 3.8) is 0 Å². The van der Waals surface area contributed by atoms with Crippen LogP contribution in [-0.4, -0.2) is 84.8 Å². The Kier molecular flexibility index (Phi) is 12.8. The van der Waals surface area contributed by atoms with Crippen molar-refractivity contribution in [2.75, 3.05) is 50.9 Å². The summed E-state index contributed by atoms with van der Waals surface area (Å²) in [5, 5.41) is 0.597. The smallest absolute Gasteiger partial charge is 0.263 e. The van der Waals surface area contributed by atoms with E-state index in [4.69, 9.17) is 25.8 Å². The van der Waals surface area contributed by atoms with Gasteiger partial charge in [-0.15, -0.1) is 0 Å². The Morgan fingerprint density at radius 3 is 2.46 bits per heavy atom. The van der Waals surface area contributed by atoms with E-state index in [0.29, 0.717) is 50.3 Å². The molecule has 6 atom stereocenters. The highest BCUT2D eigenvalue weighted by Gasteiger charge is 2.40. The Labute approximate surface area is 305 Å². The maximum absolute atomic E-state index is 13.5. The van der Waals surface area contributed by atoms with Crippen LogP contribution in [0.2, 0.25) is 5.02 Å². The predicted octanol–water partition coefficient (Wildman–Crippen LogP) is 7.30. The minimum atomic E-state index is -1.49. The molecule has 0 radical (unpaired) electrons. The van der Waals surface area contributed by atoms with Gasteiger partial charge in [0.1, 0.15) is 22.9 Å². The number of likely N-dealkylation sites (tertiary alicyclic amines) is 1. The summed E-state index contributed by atoms with van der Waals surface area (Å²) in [5.41, 5.74) is 3.87. The van der Waals surface area contributed by atoms with E-state index in [1.165, 1.54) is 11.1 Å². The minimum absolute atomic E-state index is 0.109. The van der Waals surface area contributed by atoms with Crippen LogP contribution in [-0.2, 0) is 26.9 Å². The number of halogens is 2. The first-order chi connectivity index (χ1) is 24.1. The number of anilines is 1. The number of nitrogens with zero attached hydrogens (tertiary/aromatic N) is 2. The lowest BCUT2D eigenvalue weighted by molar-refractivity contribution is -0.223. The number of rotatable bonds is 14. The monoisotopic (exact) mass is 731 g/mol. The number of fused-ring (bicyclic) bond motifs is 1. The second kappa shape index (κ2) is 17.1. The van der Waals surface area contributed by atoms with Crippen molar-refractivity contribution in [2.45, 2.75) is 102 Å². The summed E-state index contributed by atoms with van der Waals surface area (Å²) in [6.07, 6.45) is 6.03. The zero-order chi connectivity index (χ0) is 35.4. The molecule has 3 aliphatic heterocycles. The molecule has 3 heterocycles. The quantitative estimate of drug-likeness (QED) is 0.219. The fourth-order valence-corrected chi connectivity index (χ4v) is 9.19. The molecule has 3 fully saturated rings. The third-order valence-corrected chi connectivity index (χ3v) is 13.2. The van der Waals surface area contributed by atoms with Crippen molar-refractivity contribution in [1.29, 1.82) is 0 Å². The molecule has 2 aromatic rings. The third-order valence-electron chi connectivity index (χ3n) is 11.4. The predicted molar refractivity (Wildman–Crippen MR) is 198 cm³/mol. The van der Waals surface area contributed by atoms with E-state index in [9.17, 15) is 13.4 Å². The largest absolute Gasteiger partial charge is 0.491 e. The first kappa shape index (κ1) is 37.5. The molecule has 1 saturated carbocycles. The number of aryl methyl sites for hydroxylation is 1. The van der Waals surface area contributed by atoms with E-state index in [2.05, 4.69) is 47.4 Å². The van der Waals surface area contributed by atoms with Crippen LogP contribution in [0.25, 0.3) is 0 Å². The van der Waals surface area contributed by atoms with Crippen molar-refractivity contribution in [1.82, 2.24) is 9.62 Å². The van der Waals surface area contributed by atoms with Crippen LogP contribution in [0.15, 0.2) is 36.4 Å². The average Bonchev–Trinajstić information content (AvgIpc) is 3.27. The molecule has 2 saturated heterocycles. The molecule has 8 nitrogen and oxygen atoms in total. The molecule has 50 heavy (non-hydrogen) atoms. The number of hydrogen-bond acceptors (Lipinski definition) is 7. The van der Waals surface area contributed by atoms with Crippen LogP contribution in [0.3, 0.4) is 0 Å². The van der Waals surface area contributed by atoms with Gasteiger partial charge in [0.2, 0.25) is 0 Å². The average molecular weight is 732 g/mol. The van der Waals surface area contributed by atoms with Gasteiger partial charge < -0.3 is 19.1 Å². The molecule has 1 amide bonds. The molecule has 0 spiro atoms. The lowest BCUT2D eigenvalue weighted by Crippen LogP contribution is -2.58. The van der Waals surface area contributed by atoms with E-state index >= 15 is 0 Å². The van der Waals surface area contributed by atoms with Crippen LogP contribution >= 0.6 is 11.6 Å². The molecular formula is C39H55ClFN3O5S. The van der Waals surface area contributed by atoms with Gasteiger partial charge in [-0.3, -0.25) is 14.4 Å². The van der Waals surface area contributed by atoms with Gasteiger partial charge in [0, 0.05) is 49.1 Å². The first-order valence-corrected chi connectivity index (χ1v) is 20.3. The minimum Gasteiger partial charge on any atom is -0.491 e. The maximum Gasteiger partial charge on any atom is 0.263 e. The number of benzene rings is 2. The number of alkyl halides is 1. The van der Waals surface area contributed by atoms with Gasteiger partial charge in [0.25, 0.3) is 5.91 Å². The second-order valence-corrected chi connectivity index (χ2v) is 17.0. The van der Waals surface area contributed by atoms with Gasteiger partial charge in [-0.05, 0) is 91.8 Å². The van der Waals surface area contributed by atoms with Crippen molar-refractivity contribution < 1.29 is 27.6 Å². The van der Waals surface area contributed by atoms with Crippen molar-refractivity contribution in [2.24, 2.45) is 17.8 Å². The Morgan fingerprint density at radius 1 is 1.02 bits per heavy atom. The van der Waals surface area contributed by atoms with Gasteiger partial charge in [-0.25, -0.2) is 8.60 Å². The maximum atomic E-state index is 13.5. The Morgan fingerprint density at radius 2 is 1.78 bits per heavy atom. The van der Waals surface area contributed by atoms with E-state index < -0.39 is 17.2 Å². The summed E-state index contributed by atoms with van der Waals surface area (Å²) >= 11 is 6.45. The third kappa shape index (κ3) is 8.85. The zero-order valence-corrected chi connectivity index (χ0v) is 31.7. The van der Waals surface area contributed by atoms with Crippen LogP contribution in [0, 0.1) is 17.8 Å². The zero-order valence-electron chi connectivity index (χ0n) is 30.1. The second-order valence-electron chi connectivity index (χ2n) is 15.0. The molecule has 0 aromatic heterocycles. The number of nitrogens with one attached hydrogen (secondary N) is 1. The summed E-state index contributed by atoms with van der Waals surface area (Å²) in [6, 6.07) is 11.9. The lowest BCUT2D eigenvalue weighted by Gasteiger charge is -2.45. The van der Waals surface area contributed by atoms with Gasteiger partial charge in [0.05, 0.1) is 36.8 Å². The number of carbonyl (C=O) groups is 1. The molecular weight excluding hydrogens is 677 g/mol. The summed E-state index contributed by atoms with van der Waals surface area (Å²) in [4.78, 5) is 18.0. The summed E-state index contributed by atoms with van der Waals surface area (Å²) in [6.45, 7) is 12.5. The van der Waals surface area contributed by atoms with E-state index in [0.717, 1.165) is 74.5 Å². The molecule has 1 aliphatic carbocycles. The van der Waals surface area contributed by atoms with Gasteiger partial charge in [0.15, 0.2) is 6.29 Å². The van der Waals surface area contributed by atoms with Crippen LogP contribution in [0.5, 0.6) is 5.75 Å². The molecule has 11 heteroatoms. The Bertz CT molecular complexity index is 1490. The molecule has 6 rings (SSSR count). The highest BCUT2D eigenvalue weighted by atomic mass is 35.5. The standard InChI is InChI=1S/C39H55ClFN3O5S/c1-5-7-25(3)26(4)50(46)42-39(45)29-11-14-37-36(16-29)44(19-31(22-47-37)35-13-12-32(40)15-28(35)8-6-2)18-30-10-9-27(30)17-38-48-23-34(24-49-38)43-20-33(41)21-43/h11-16,25-27,30-31,33-34,38H,5-10,17-24H2,1-4H3,(H,42,45). The van der Waals surface area contributed by atoms with Crippen molar-refractivity contribution in [3.05, 3.63) is 58.1 Å². The van der Waals surface area contributed by atoms with Crippen LogP contribution in [0.4, 0.5) is 10.1 Å². The molecule has 2 aromatic carbocycles. The number of hydrogen-bond donors (Lipinski definition) is 1. The molecule has 1 N–H and O–H groups in total. The number of ether oxygens (including phenoxy) is 3. The highest BCUT2D eigenvalue weighted by molar-refractivity contribution is 7.84. The summed E-state index contributed by atoms with van der Waals surface area (Å²) in [7, 11) is -1.49. The topological polar surface area (TPSA) is 80.3 Å². The fraction of sp³-hybridized carbons (Fsp3) is 0.667. The SMILES string of the molecule is CCCc1cc(Cl)ccc1C1COc2ccc(C(=O)NS(=O)C(C)C(C)CCC)cc2N(CC2CCC2CC2OCC(N3CC(F)C3)CO2)C1. The first-order valence-electron chi connectivity index (χ1n) is 18.8. The van der Waals surface area contributed by atoms with E-state index in [1.807, 2.05) is 25.1 Å².